The van der Waals surface area contributed by atoms with Crippen molar-refractivity contribution in [2.75, 3.05) is 6.61 Å². The predicted octanol–water partition coefficient (Wildman–Crippen LogP) is 2.03. The minimum absolute atomic E-state index is 0.303. The lowest BCUT2D eigenvalue weighted by molar-refractivity contribution is 0.152. The number of rotatable bonds is 3. The highest BCUT2D eigenvalue weighted by atomic mass is 16.5. The van der Waals surface area contributed by atoms with Crippen LogP contribution in [0.3, 0.4) is 0 Å². The molecule has 5 nitrogen and oxygen atoms in total. The first-order valence-electron chi connectivity index (χ1n) is 5.15. The lowest BCUT2D eigenvalue weighted by atomic mass is 10.1. The first kappa shape index (κ1) is 12.7. The molecule has 0 fully saturated rings. The topological polar surface area (TPSA) is 74.5 Å². The van der Waals surface area contributed by atoms with E-state index in [9.17, 15) is 4.79 Å². The van der Waals surface area contributed by atoms with Crippen LogP contribution < -0.4 is 5.43 Å². The molecular weight excluding hydrogens is 218 g/mol. The van der Waals surface area contributed by atoms with E-state index in [1.54, 1.807) is 38.1 Å². The third kappa shape index (κ3) is 3.95. The molecule has 88 valence electrons. The SMILES string of the molecule is CCOC(=O)N/N=C(/C)c1ccc(C#N)cc1. The van der Waals surface area contributed by atoms with Crippen molar-refractivity contribution in [3.8, 4) is 6.07 Å². The van der Waals surface area contributed by atoms with E-state index in [1.165, 1.54) is 0 Å². The molecular formula is C12H13N3O2. The van der Waals surface area contributed by atoms with E-state index in [1.807, 2.05) is 6.07 Å². The summed E-state index contributed by atoms with van der Waals surface area (Å²) in [6, 6.07) is 8.95. The summed E-state index contributed by atoms with van der Waals surface area (Å²) >= 11 is 0. The fourth-order valence-corrected chi connectivity index (χ4v) is 1.14. The average Bonchev–Trinajstić information content (AvgIpc) is 2.36. The molecule has 1 N–H and O–H groups in total. The Balaban J connectivity index is 2.68. The maximum absolute atomic E-state index is 11.0. The van der Waals surface area contributed by atoms with Gasteiger partial charge in [-0.15, -0.1) is 0 Å². The van der Waals surface area contributed by atoms with Gasteiger partial charge in [-0.1, -0.05) is 12.1 Å². The van der Waals surface area contributed by atoms with Crippen LogP contribution in [0.2, 0.25) is 0 Å². The second kappa shape index (κ2) is 6.28. The van der Waals surface area contributed by atoms with Crippen molar-refractivity contribution >= 4 is 11.8 Å². The van der Waals surface area contributed by atoms with Crippen molar-refractivity contribution in [2.24, 2.45) is 5.10 Å². The number of nitrogens with zero attached hydrogens (tertiary/aromatic N) is 2. The number of hydrazone groups is 1. The van der Waals surface area contributed by atoms with Crippen LogP contribution in [-0.2, 0) is 4.74 Å². The number of carbonyl (C=O) groups is 1. The number of nitriles is 1. The van der Waals surface area contributed by atoms with E-state index in [4.69, 9.17) is 5.26 Å². The van der Waals surface area contributed by atoms with E-state index < -0.39 is 6.09 Å². The highest BCUT2D eigenvalue weighted by Gasteiger charge is 2.00. The van der Waals surface area contributed by atoms with Crippen molar-refractivity contribution in [3.63, 3.8) is 0 Å². The molecule has 1 rings (SSSR count). The van der Waals surface area contributed by atoms with Gasteiger partial charge in [0.05, 0.1) is 24.0 Å². The molecule has 0 aromatic heterocycles. The van der Waals surface area contributed by atoms with Crippen LogP contribution in [0, 0.1) is 11.3 Å². The second-order valence-electron chi connectivity index (χ2n) is 3.22. The fraction of sp³-hybridized carbons (Fsp3) is 0.250. The highest BCUT2D eigenvalue weighted by molar-refractivity contribution is 5.99. The van der Waals surface area contributed by atoms with Crippen LogP contribution in [0.5, 0.6) is 0 Å². The van der Waals surface area contributed by atoms with Crippen LogP contribution in [0.15, 0.2) is 29.4 Å². The third-order valence-electron chi connectivity index (χ3n) is 2.02. The zero-order chi connectivity index (χ0) is 12.7. The minimum atomic E-state index is -0.583. The minimum Gasteiger partial charge on any atom is -0.449 e. The fourth-order valence-electron chi connectivity index (χ4n) is 1.14. The molecule has 0 unspecified atom stereocenters. The van der Waals surface area contributed by atoms with Crippen molar-refractivity contribution in [2.45, 2.75) is 13.8 Å². The van der Waals surface area contributed by atoms with E-state index in [2.05, 4.69) is 15.3 Å². The van der Waals surface area contributed by atoms with Gasteiger partial charge in [0.15, 0.2) is 0 Å². The third-order valence-corrected chi connectivity index (χ3v) is 2.02. The number of benzene rings is 1. The van der Waals surface area contributed by atoms with Gasteiger partial charge in [0, 0.05) is 0 Å². The van der Waals surface area contributed by atoms with Crippen molar-refractivity contribution < 1.29 is 9.53 Å². The molecule has 0 bridgehead atoms. The standard InChI is InChI=1S/C12H13N3O2/c1-3-17-12(16)15-14-9(2)11-6-4-10(8-13)5-7-11/h4-7H,3H2,1-2H3,(H,15,16)/b14-9-. The summed E-state index contributed by atoms with van der Waals surface area (Å²) in [4.78, 5) is 11.0. The van der Waals surface area contributed by atoms with Gasteiger partial charge < -0.3 is 4.74 Å². The van der Waals surface area contributed by atoms with E-state index in [0.717, 1.165) is 5.56 Å². The van der Waals surface area contributed by atoms with Crippen LogP contribution in [0.25, 0.3) is 0 Å². The van der Waals surface area contributed by atoms with E-state index in [0.29, 0.717) is 17.9 Å². The lowest BCUT2D eigenvalue weighted by Gasteiger charge is -2.02. The monoisotopic (exact) mass is 231 g/mol. The molecule has 0 radical (unpaired) electrons. The zero-order valence-corrected chi connectivity index (χ0v) is 9.73. The van der Waals surface area contributed by atoms with Crippen molar-refractivity contribution in [1.82, 2.24) is 5.43 Å². The van der Waals surface area contributed by atoms with Crippen LogP contribution in [-0.4, -0.2) is 18.4 Å². The molecule has 1 amide bonds. The maximum Gasteiger partial charge on any atom is 0.427 e. The van der Waals surface area contributed by atoms with Crippen LogP contribution in [0.1, 0.15) is 25.0 Å². The second-order valence-corrected chi connectivity index (χ2v) is 3.22. The first-order valence-corrected chi connectivity index (χ1v) is 5.15. The Bertz CT molecular complexity index is 458. The molecule has 0 aliphatic carbocycles. The Morgan fingerprint density at radius 2 is 2.12 bits per heavy atom. The highest BCUT2D eigenvalue weighted by Crippen LogP contribution is 2.04. The Morgan fingerprint density at radius 3 is 2.65 bits per heavy atom. The van der Waals surface area contributed by atoms with Gasteiger partial charge in [-0.2, -0.15) is 10.4 Å². The molecule has 0 aliphatic rings. The molecule has 5 heteroatoms. The van der Waals surface area contributed by atoms with Gasteiger partial charge in [-0.05, 0) is 31.5 Å². The molecule has 0 heterocycles. The zero-order valence-electron chi connectivity index (χ0n) is 9.73. The summed E-state index contributed by atoms with van der Waals surface area (Å²) < 4.78 is 4.66. The number of amides is 1. The van der Waals surface area contributed by atoms with Crippen molar-refractivity contribution in [1.29, 1.82) is 5.26 Å². The maximum atomic E-state index is 11.0. The molecule has 0 aliphatic heterocycles. The van der Waals surface area contributed by atoms with E-state index >= 15 is 0 Å². The molecule has 17 heavy (non-hydrogen) atoms. The van der Waals surface area contributed by atoms with Crippen LogP contribution >= 0.6 is 0 Å². The number of ether oxygens (including phenoxy) is 1. The summed E-state index contributed by atoms with van der Waals surface area (Å²) in [5.74, 6) is 0. The van der Waals surface area contributed by atoms with Crippen LogP contribution in [0.4, 0.5) is 4.79 Å². The Labute approximate surface area is 99.7 Å². The van der Waals surface area contributed by atoms with Gasteiger partial charge in [0.1, 0.15) is 0 Å². The van der Waals surface area contributed by atoms with Gasteiger partial charge in [-0.25, -0.2) is 10.2 Å². The Hall–Kier alpha value is -2.35. The first-order chi connectivity index (χ1) is 8.17. The van der Waals surface area contributed by atoms with Gasteiger partial charge in [0.25, 0.3) is 0 Å². The van der Waals surface area contributed by atoms with Gasteiger partial charge in [-0.3, -0.25) is 0 Å². The summed E-state index contributed by atoms with van der Waals surface area (Å²) in [6.45, 7) is 3.78. The number of hydrogen-bond acceptors (Lipinski definition) is 4. The number of hydrogen-bond donors (Lipinski definition) is 1. The van der Waals surface area contributed by atoms with E-state index in [-0.39, 0.29) is 0 Å². The average molecular weight is 231 g/mol. The largest absolute Gasteiger partial charge is 0.449 e. The smallest absolute Gasteiger partial charge is 0.427 e. The van der Waals surface area contributed by atoms with Crippen molar-refractivity contribution in [3.05, 3.63) is 35.4 Å². The molecule has 0 saturated heterocycles. The Morgan fingerprint density at radius 1 is 1.47 bits per heavy atom. The Kier molecular flexibility index (Phi) is 4.70. The molecule has 0 saturated carbocycles. The molecule has 1 aromatic rings. The summed E-state index contributed by atoms with van der Waals surface area (Å²) in [5, 5.41) is 12.5. The quantitative estimate of drug-likeness (QED) is 0.638. The molecule has 0 spiro atoms. The molecule has 1 aromatic carbocycles. The summed E-state index contributed by atoms with van der Waals surface area (Å²) in [7, 11) is 0. The number of carbonyl (C=O) groups excluding carboxylic acids is 1. The predicted molar refractivity (Wildman–Crippen MR) is 63.5 cm³/mol. The number of nitrogens with one attached hydrogen (secondary N) is 1. The lowest BCUT2D eigenvalue weighted by Crippen LogP contribution is -2.20. The van der Waals surface area contributed by atoms with Gasteiger partial charge in [0.2, 0.25) is 0 Å². The summed E-state index contributed by atoms with van der Waals surface area (Å²) in [6.07, 6.45) is -0.583. The molecule has 0 atom stereocenters. The summed E-state index contributed by atoms with van der Waals surface area (Å²) in [5.41, 5.74) is 4.33. The normalized spacial score (nSPS) is 10.5. The van der Waals surface area contributed by atoms with Gasteiger partial charge >= 0.3 is 6.09 Å².